The van der Waals surface area contributed by atoms with E-state index < -0.39 is 5.97 Å². The Morgan fingerprint density at radius 3 is 2.33 bits per heavy atom. The van der Waals surface area contributed by atoms with Crippen LogP contribution >= 0.6 is 0 Å². The molecule has 0 radical (unpaired) electrons. The summed E-state index contributed by atoms with van der Waals surface area (Å²) in [7, 11) is 0. The van der Waals surface area contributed by atoms with Crippen LogP contribution in [0.2, 0.25) is 0 Å². The van der Waals surface area contributed by atoms with Crippen molar-refractivity contribution < 1.29 is 19.1 Å². The predicted molar refractivity (Wildman–Crippen MR) is 153 cm³/mol. The van der Waals surface area contributed by atoms with Crippen LogP contribution in [0.25, 0.3) is 22.3 Å². The van der Waals surface area contributed by atoms with E-state index in [1.54, 1.807) is 31.2 Å². The molecule has 1 aliphatic heterocycles. The molecule has 0 spiro atoms. The normalized spacial score (nSPS) is 14.3. The molecule has 0 saturated carbocycles. The van der Waals surface area contributed by atoms with Crippen LogP contribution in [0.4, 0.5) is 11.4 Å². The number of carboxylic acid groups (broad SMARTS) is 1. The topological polar surface area (TPSA) is 103 Å². The number of hydrogen-bond acceptors (Lipinski definition) is 6. The van der Waals surface area contributed by atoms with Crippen molar-refractivity contribution in [1.29, 1.82) is 0 Å². The Morgan fingerprint density at radius 1 is 0.974 bits per heavy atom. The Labute approximate surface area is 226 Å². The van der Waals surface area contributed by atoms with Crippen LogP contribution in [0, 0.1) is 6.92 Å². The number of rotatable bonds is 6. The second kappa shape index (κ2) is 10.6. The number of anilines is 2. The maximum Gasteiger partial charge on any atom is 0.337 e. The second-order valence-corrected chi connectivity index (χ2v) is 9.96. The van der Waals surface area contributed by atoms with Gasteiger partial charge in [-0.05, 0) is 61.9 Å². The summed E-state index contributed by atoms with van der Waals surface area (Å²) in [4.78, 5) is 40.6. The Morgan fingerprint density at radius 2 is 1.67 bits per heavy atom. The van der Waals surface area contributed by atoms with Gasteiger partial charge in [-0.3, -0.25) is 9.59 Å². The van der Waals surface area contributed by atoms with Crippen molar-refractivity contribution >= 4 is 34.2 Å². The molecule has 8 heteroatoms. The van der Waals surface area contributed by atoms with Crippen molar-refractivity contribution in [2.75, 3.05) is 36.4 Å². The maximum absolute atomic E-state index is 13.2. The molecule has 3 aromatic carbocycles. The fourth-order valence-electron chi connectivity index (χ4n) is 5.12. The highest BCUT2D eigenvalue weighted by Crippen LogP contribution is 2.32. The quantitative estimate of drug-likeness (QED) is 0.352. The minimum atomic E-state index is -1.02. The van der Waals surface area contributed by atoms with E-state index in [0.717, 1.165) is 35.5 Å². The molecular weight excluding hydrogens is 494 g/mol. The summed E-state index contributed by atoms with van der Waals surface area (Å²) in [6.07, 6.45) is 0. The Kier molecular flexibility index (Phi) is 7.11. The lowest BCUT2D eigenvalue weighted by molar-refractivity contribution is -0.129. The minimum absolute atomic E-state index is 0.0986. The summed E-state index contributed by atoms with van der Waals surface area (Å²) in [5.74, 6) is -0.456. The highest BCUT2D eigenvalue weighted by molar-refractivity contribution is 5.94. The van der Waals surface area contributed by atoms with E-state index in [4.69, 9.17) is 4.42 Å². The van der Waals surface area contributed by atoms with Gasteiger partial charge in [0.25, 0.3) is 0 Å². The van der Waals surface area contributed by atoms with Crippen molar-refractivity contribution in [3.8, 4) is 11.3 Å². The summed E-state index contributed by atoms with van der Waals surface area (Å²) in [5.41, 5.74) is 4.51. The van der Waals surface area contributed by atoms with Crippen LogP contribution in [0.3, 0.4) is 0 Å². The number of fused-ring (bicyclic) bond motifs is 1. The third kappa shape index (κ3) is 5.36. The standard InChI is InChI=1S/C31H31N3O5/c1-19-16-25(20(2)32-27-7-5-4-6-24(27)31(37)38)30-26(17-19)28(36)18-29(39-30)22-8-10-23(11-9-22)34-14-12-33(13-15-34)21(3)35/h4-11,16-18,20,32H,12-15H2,1-3H3,(H,37,38)/t20-/m0/s1. The van der Waals surface area contributed by atoms with E-state index in [9.17, 15) is 19.5 Å². The molecular formula is C31H31N3O5. The lowest BCUT2D eigenvalue weighted by Gasteiger charge is -2.35. The molecule has 4 aromatic rings. The monoisotopic (exact) mass is 525 g/mol. The molecule has 1 aromatic heterocycles. The molecule has 1 atom stereocenters. The van der Waals surface area contributed by atoms with Gasteiger partial charge in [0.05, 0.1) is 17.0 Å². The molecule has 0 bridgehead atoms. The SMILES string of the molecule is CC(=O)N1CCN(c2ccc(-c3cc(=O)c4cc(C)cc([C@H](C)Nc5ccccc5C(=O)O)c4o3)cc2)CC1. The Bertz CT molecular complexity index is 1600. The van der Waals surface area contributed by atoms with E-state index in [1.807, 2.05) is 55.1 Å². The zero-order valence-electron chi connectivity index (χ0n) is 22.2. The molecule has 0 unspecified atom stereocenters. The zero-order valence-corrected chi connectivity index (χ0v) is 22.2. The largest absolute Gasteiger partial charge is 0.478 e. The Hall–Kier alpha value is -4.59. The molecule has 1 aliphatic rings. The Balaban J connectivity index is 1.46. The number of carbonyl (C=O) groups is 2. The molecule has 8 nitrogen and oxygen atoms in total. The lowest BCUT2D eigenvalue weighted by atomic mass is 10.00. The number of para-hydroxylation sites is 1. The summed E-state index contributed by atoms with van der Waals surface area (Å²) in [5, 5.41) is 13.3. The van der Waals surface area contributed by atoms with E-state index in [1.165, 1.54) is 6.07 Å². The number of piperazine rings is 1. The first-order chi connectivity index (χ1) is 18.7. The van der Waals surface area contributed by atoms with Crippen molar-refractivity contribution in [2.24, 2.45) is 0 Å². The third-order valence-corrected chi connectivity index (χ3v) is 7.24. The number of amides is 1. The van der Waals surface area contributed by atoms with Crippen LogP contribution in [-0.4, -0.2) is 48.1 Å². The van der Waals surface area contributed by atoms with Crippen LogP contribution in [0.1, 0.15) is 41.4 Å². The highest BCUT2D eigenvalue weighted by atomic mass is 16.4. The summed E-state index contributed by atoms with van der Waals surface area (Å²) in [6, 6.07) is 19.6. The number of hydrogen-bond donors (Lipinski definition) is 2. The van der Waals surface area contributed by atoms with Crippen LogP contribution < -0.4 is 15.6 Å². The second-order valence-electron chi connectivity index (χ2n) is 9.96. The van der Waals surface area contributed by atoms with Gasteiger partial charge >= 0.3 is 5.97 Å². The number of nitrogens with zero attached hydrogens (tertiary/aromatic N) is 2. The third-order valence-electron chi connectivity index (χ3n) is 7.24. The summed E-state index contributed by atoms with van der Waals surface area (Å²) < 4.78 is 6.36. The number of aryl methyl sites for hydroxylation is 1. The molecule has 1 amide bonds. The first-order valence-corrected chi connectivity index (χ1v) is 13.0. The van der Waals surface area contributed by atoms with Gasteiger partial charge in [-0.15, -0.1) is 0 Å². The molecule has 0 aliphatic carbocycles. The fourth-order valence-corrected chi connectivity index (χ4v) is 5.12. The van der Waals surface area contributed by atoms with Crippen LogP contribution in [-0.2, 0) is 4.79 Å². The van der Waals surface area contributed by atoms with Gasteiger partial charge in [0.15, 0.2) is 5.43 Å². The van der Waals surface area contributed by atoms with E-state index in [2.05, 4.69) is 10.2 Å². The van der Waals surface area contributed by atoms with Gasteiger partial charge in [0.2, 0.25) is 5.91 Å². The smallest absolute Gasteiger partial charge is 0.337 e. The predicted octanol–water partition coefficient (Wildman–Crippen LogP) is 5.31. The number of benzene rings is 3. The molecule has 2 N–H and O–H groups in total. The molecule has 1 saturated heterocycles. The van der Waals surface area contributed by atoms with E-state index in [0.29, 0.717) is 35.5 Å². The van der Waals surface area contributed by atoms with Gasteiger partial charge in [0, 0.05) is 61.7 Å². The van der Waals surface area contributed by atoms with Crippen LogP contribution in [0.15, 0.2) is 75.9 Å². The van der Waals surface area contributed by atoms with Crippen molar-refractivity contribution in [2.45, 2.75) is 26.8 Å². The summed E-state index contributed by atoms with van der Waals surface area (Å²) in [6.45, 7) is 8.36. The molecule has 200 valence electrons. The fraction of sp³-hybridized carbons (Fsp3) is 0.258. The van der Waals surface area contributed by atoms with Gasteiger partial charge in [-0.1, -0.05) is 18.2 Å². The van der Waals surface area contributed by atoms with Gasteiger partial charge in [-0.25, -0.2) is 4.79 Å². The van der Waals surface area contributed by atoms with Crippen LogP contribution in [0.5, 0.6) is 0 Å². The van der Waals surface area contributed by atoms with Gasteiger partial charge in [-0.2, -0.15) is 0 Å². The van der Waals surface area contributed by atoms with E-state index in [-0.39, 0.29) is 22.9 Å². The molecule has 2 heterocycles. The van der Waals surface area contributed by atoms with E-state index >= 15 is 0 Å². The molecule has 39 heavy (non-hydrogen) atoms. The maximum atomic E-state index is 13.2. The molecule has 5 rings (SSSR count). The average molecular weight is 526 g/mol. The first kappa shape index (κ1) is 26.0. The average Bonchev–Trinajstić information content (AvgIpc) is 2.93. The lowest BCUT2D eigenvalue weighted by Crippen LogP contribution is -2.48. The number of carboxylic acids is 1. The van der Waals surface area contributed by atoms with Crippen molar-refractivity contribution in [3.63, 3.8) is 0 Å². The minimum Gasteiger partial charge on any atom is -0.478 e. The number of aromatic carboxylic acids is 1. The zero-order chi connectivity index (χ0) is 27.7. The summed E-state index contributed by atoms with van der Waals surface area (Å²) >= 11 is 0. The van der Waals surface area contributed by atoms with Gasteiger partial charge in [0.1, 0.15) is 11.3 Å². The number of carbonyl (C=O) groups excluding carboxylic acids is 1. The van der Waals surface area contributed by atoms with Crippen molar-refractivity contribution in [1.82, 2.24) is 4.90 Å². The van der Waals surface area contributed by atoms with Gasteiger partial charge < -0.3 is 24.6 Å². The molecule has 1 fully saturated rings. The van der Waals surface area contributed by atoms with Crippen molar-refractivity contribution in [3.05, 3.63) is 93.6 Å². The highest BCUT2D eigenvalue weighted by Gasteiger charge is 2.20. The first-order valence-electron chi connectivity index (χ1n) is 13.0. The number of nitrogens with one attached hydrogen (secondary N) is 1.